The zero-order chi connectivity index (χ0) is 22.3. The monoisotopic (exact) mass is 589 g/mol. The van der Waals surface area contributed by atoms with Gasteiger partial charge in [-0.25, -0.2) is 0 Å². The molecule has 0 spiro atoms. The Morgan fingerprint density at radius 3 is 2.68 bits per heavy atom. The van der Waals surface area contributed by atoms with Crippen molar-refractivity contribution < 1.29 is 28.9 Å². The second kappa shape index (κ2) is 8.93. The maximum atomic E-state index is 13.0. The standard InChI is InChI=1S/C20H14Br2ClNO6S/c1-2-28-15-5-11(21)17(22)10(18(15)25)4-16-19(26)24(20(27)31-16)7-9-3-13-14(6-12(9)23)30-8-29-13/h3-6,25H,2,7-8H2,1H3/b16-4-. The van der Waals surface area contributed by atoms with Crippen molar-refractivity contribution in [1.29, 1.82) is 0 Å². The molecule has 4 rings (SSSR count). The SMILES string of the molecule is CCOc1cc(Br)c(Br)c(/C=C2\SC(=O)N(Cc3cc4c(cc3Cl)OCO4)C2=O)c1O. The van der Waals surface area contributed by atoms with E-state index in [0.717, 1.165) is 16.7 Å². The highest BCUT2D eigenvalue weighted by Crippen LogP contribution is 2.44. The van der Waals surface area contributed by atoms with E-state index in [2.05, 4.69) is 31.9 Å². The minimum atomic E-state index is -0.493. The first-order valence-electron chi connectivity index (χ1n) is 8.97. The Labute approximate surface area is 203 Å². The molecule has 1 fully saturated rings. The number of benzene rings is 2. The van der Waals surface area contributed by atoms with Gasteiger partial charge in [-0.05, 0) is 74.3 Å². The molecule has 0 bridgehead atoms. The van der Waals surface area contributed by atoms with Crippen LogP contribution in [0.5, 0.6) is 23.0 Å². The number of carbonyl (C=O) groups is 2. The maximum Gasteiger partial charge on any atom is 0.293 e. The first-order valence-corrected chi connectivity index (χ1v) is 11.7. The molecule has 0 unspecified atom stereocenters. The summed E-state index contributed by atoms with van der Waals surface area (Å²) in [6.45, 7) is 2.22. The molecule has 0 aliphatic carbocycles. The lowest BCUT2D eigenvalue weighted by molar-refractivity contribution is -0.123. The number of hydrogen-bond donors (Lipinski definition) is 1. The smallest absolute Gasteiger partial charge is 0.293 e. The topological polar surface area (TPSA) is 85.3 Å². The molecular weight excluding hydrogens is 578 g/mol. The van der Waals surface area contributed by atoms with Crippen molar-refractivity contribution in [3.63, 3.8) is 0 Å². The number of fused-ring (bicyclic) bond motifs is 1. The second-order valence-corrected chi connectivity index (χ2v) is 9.48. The number of nitrogens with zero attached hydrogens (tertiary/aromatic N) is 1. The van der Waals surface area contributed by atoms with Gasteiger partial charge in [-0.2, -0.15) is 0 Å². The molecule has 0 radical (unpaired) electrons. The van der Waals surface area contributed by atoms with E-state index in [1.807, 2.05) is 0 Å². The van der Waals surface area contributed by atoms with E-state index >= 15 is 0 Å². The fourth-order valence-corrected chi connectivity index (χ4v) is 4.90. The van der Waals surface area contributed by atoms with Gasteiger partial charge < -0.3 is 19.3 Å². The highest BCUT2D eigenvalue weighted by molar-refractivity contribution is 9.13. The lowest BCUT2D eigenvalue weighted by Crippen LogP contribution is -2.27. The molecule has 7 nitrogen and oxygen atoms in total. The molecule has 2 amide bonds. The van der Waals surface area contributed by atoms with Gasteiger partial charge in [0.15, 0.2) is 23.0 Å². The van der Waals surface area contributed by atoms with E-state index < -0.39 is 11.1 Å². The van der Waals surface area contributed by atoms with Gasteiger partial charge in [0, 0.05) is 25.6 Å². The number of halogens is 3. The molecule has 31 heavy (non-hydrogen) atoms. The maximum absolute atomic E-state index is 13.0. The van der Waals surface area contributed by atoms with E-state index in [1.165, 1.54) is 6.08 Å². The van der Waals surface area contributed by atoms with E-state index in [0.29, 0.717) is 43.2 Å². The average Bonchev–Trinajstić information content (AvgIpc) is 3.28. The van der Waals surface area contributed by atoms with Crippen molar-refractivity contribution in [2.24, 2.45) is 0 Å². The van der Waals surface area contributed by atoms with E-state index in [-0.39, 0.29) is 29.7 Å². The number of thioether (sulfide) groups is 1. The van der Waals surface area contributed by atoms with Crippen LogP contribution in [0.15, 0.2) is 32.0 Å². The molecule has 2 aromatic rings. The Balaban J connectivity index is 1.64. The molecule has 0 saturated carbocycles. The molecular formula is C20H14Br2ClNO6S. The summed E-state index contributed by atoms with van der Waals surface area (Å²) in [6, 6.07) is 4.87. The average molecular weight is 592 g/mol. The van der Waals surface area contributed by atoms with Gasteiger partial charge in [-0.15, -0.1) is 0 Å². The zero-order valence-electron chi connectivity index (χ0n) is 15.9. The number of ether oxygens (including phenoxy) is 3. The number of imide groups is 1. The normalized spacial score (nSPS) is 16.5. The summed E-state index contributed by atoms with van der Waals surface area (Å²) >= 11 is 13.9. The van der Waals surface area contributed by atoms with Crippen LogP contribution in [0.2, 0.25) is 5.02 Å². The van der Waals surface area contributed by atoms with Gasteiger partial charge in [-0.1, -0.05) is 11.6 Å². The zero-order valence-corrected chi connectivity index (χ0v) is 20.7. The van der Waals surface area contributed by atoms with Crippen molar-refractivity contribution in [2.75, 3.05) is 13.4 Å². The van der Waals surface area contributed by atoms with Crippen LogP contribution >= 0.6 is 55.2 Å². The third-order valence-corrected chi connectivity index (χ3v) is 7.78. The van der Waals surface area contributed by atoms with Gasteiger partial charge in [-0.3, -0.25) is 14.5 Å². The Morgan fingerprint density at radius 1 is 1.26 bits per heavy atom. The fraction of sp³-hybridized carbons (Fsp3) is 0.200. The molecule has 0 aromatic heterocycles. The molecule has 1 N–H and O–H groups in total. The fourth-order valence-electron chi connectivity index (χ4n) is 3.03. The predicted octanol–water partition coefficient (Wildman–Crippen LogP) is 5.93. The van der Waals surface area contributed by atoms with Crippen LogP contribution in [-0.4, -0.2) is 34.6 Å². The summed E-state index contributed by atoms with van der Waals surface area (Å²) in [4.78, 5) is 26.8. The summed E-state index contributed by atoms with van der Waals surface area (Å²) in [5, 5.41) is 10.5. The number of carbonyl (C=O) groups excluding carboxylic acids is 2. The second-order valence-electron chi connectivity index (χ2n) is 6.43. The third-order valence-electron chi connectivity index (χ3n) is 4.51. The largest absolute Gasteiger partial charge is 0.504 e. The Morgan fingerprint density at radius 2 is 1.97 bits per heavy atom. The van der Waals surface area contributed by atoms with Crippen LogP contribution < -0.4 is 14.2 Å². The van der Waals surface area contributed by atoms with Crippen LogP contribution in [0.25, 0.3) is 6.08 Å². The lowest BCUT2D eigenvalue weighted by atomic mass is 10.1. The number of hydrogen-bond acceptors (Lipinski definition) is 7. The van der Waals surface area contributed by atoms with E-state index in [1.54, 1.807) is 25.1 Å². The van der Waals surface area contributed by atoms with Crippen molar-refractivity contribution >= 4 is 72.4 Å². The Hall–Kier alpha value is -1.88. The number of phenolic OH excluding ortho intramolecular Hbond substituents is 1. The van der Waals surface area contributed by atoms with Gasteiger partial charge in [0.1, 0.15) is 0 Å². The molecule has 1 saturated heterocycles. The number of rotatable bonds is 5. The highest BCUT2D eigenvalue weighted by atomic mass is 79.9. The first-order chi connectivity index (χ1) is 14.8. The Kier molecular flexibility index (Phi) is 6.43. The number of aromatic hydroxyl groups is 1. The quantitative estimate of drug-likeness (QED) is 0.431. The van der Waals surface area contributed by atoms with E-state index in [9.17, 15) is 14.7 Å². The number of amides is 2. The predicted molar refractivity (Wildman–Crippen MR) is 124 cm³/mol. The van der Waals surface area contributed by atoms with Gasteiger partial charge >= 0.3 is 0 Å². The van der Waals surface area contributed by atoms with Gasteiger partial charge in [0.25, 0.3) is 11.1 Å². The number of phenols is 1. The molecule has 162 valence electrons. The molecule has 2 aliphatic heterocycles. The Bertz CT molecular complexity index is 1140. The highest BCUT2D eigenvalue weighted by Gasteiger charge is 2.36. The van der Waals surface area contributed by atoms with Crippen molar-refractivity contribution in [2.45, 2.75) is 13.5 Å². The third kappa shape index (κ3) is 4.26. The molecule has 2 heterocycles. The first kappa shape index (κ1) is 22.3. The summed E-state index contributed by atoms with van der Waals surface area (Å²) in [5.41, 5.74) is 0.879. The summed E-state index contributed by atoms with van der Waals surface area (Å²) < 4.78 is 17.2. The minimum absolute atomic E-state index is 0.0205. The summed E-state index contributed by atoms with van der Waals surface area (Å²) in [5.74, 6) is 0.655. The summed E-state index contributed by atoms with van der Waals surface area (Å²) in [7, 11) is 0. The van der Waals surface area contributed by atoms with Crippen molar-refractivity contribution in [3.05, 3.63) is 48.2 Å². The van der Waals surface area contributed by atoms with Crippen molar-refractivity contribution in [1.82, 2.24) is 4.90 Å². The molecule has 2 aliphatic rings. The van der Waals surface area contributed by atoms with E-state index in [4.69, 9.17) is 25.8 Å². The lowest BCUT2D eigenvalue weighted by Gasteiger charge is -2.14. The van der Waals surface area contributed by atoms with Gasteiger partial charge in [0.05, 0.1) is 18.1 Å². The molecule has 11 heteroatoms. The summed E-state index contributed by atoms with van der Waals surface area (Å²) in [6.07, 6.45) is 1.46. The van der Waals surface area contributed by atoms with Gasteiger partial charge in [0.2, 0.25) is 6.79 Å². The van der Waals surface area contributed by atoms with Crippen LogP contribution in [0.1, 0.15) is 18.1 Å². The minimum Gasteiger partial charge on any atom is -0.504 e. The molecule has 0 atom stereocenters. The van der Waals surface area contributed by atoms with Crippen LogP contribution in [0.4, 0.5) is 4.79 Å². The van der Waals surface area contributed by atoms with Crippen molar-refractivity contribution in [3.8, 4) is 23.0 Å². The van der Waals surface area contributed by atoms with Crippen LogP contribution in [-0.2, 0) is 11.3 Å². The van der Waals surface area contributed by atoms with Crippen LogP contribution in [0.3, 0.4) is 0 Å². The van der Waals surface area contributed by atoms with Crippen LogP contribution in [0, 0.1) is 0 Å². The molecule has 2 aromatic carbocycles.